The van der Waals surface area contributed by atoms with Gasteiger partial charge >= 0.3 is 6.18 Å². The van der Waals surface area contributed by atoms with E-state index in [1.54, 1.807) is 12.3 Å². The molecule has 0 saturated carbocycles. The average Bonchev–Trinajstić information content (AvgIpc) is 2.59. The highest BCUT2D eigenvalue weighted by atomic mass is 35.5. The molecule has 6 nitrogen and oxygen atoms in total. The summed E-state index contributed by atoms with van der Waals surface area (Å²) in [5, 5.41) is 5.32. The van der Waals surface area contributed by atoms with Gasteiger partial charge < -0.3 is 16.4 Å². The zero-order chi connectivity index (χ0) is 19.6. The fourth-order valence-electron chi connectivity index (χ4n) is 2.28. The van der Waals surface area contributed by atoms with Gasteiger partial charge in [-0.05, 0) is 42.8 Å². The van der Waals surface area contributed by atoms with Crippen molar-refractivity contribution >= 4 is 40.4 Å². The number of halogens is 4. The standard InChI is InChI=1S/C17H14ClF3N6/c1-9-4-5-23-13(6-9)27-16-14(22)15(24-8-25-16)26-10-2-3-12(18)11(7-10)17(19,20)21/h2-8H,22H2,1H3,(H2,23,24,25,26,27). The third-order valence-corrected chi connectivity index (χ3v) is 3.91. The smallest absolute Gasteiger partial charge is 0.393 e. The van der Waals surface area contributed by atoms with Crippen LogP contribution in [0.2, 0.25) is 5.02 Å². The first kappa shape index (κ1) is 18.7. The molecule has 3 rings (SSSR count). The van der Waals surface area contributed by atoms with Gasteiger partial charge in [-0.1, -0.05) is 11.6 Å². The molecule has 0 spiro atoms. The molecule has 2 aromatic heterocycles. The molecule has 3 aromatic rings. The number of alkyl halides is 3. The van der Waals surface area contributed by atoms with E-state index < -0.39 is 16.8 Å². The molecule has 0 atom stereocenters. The van der Waals surface area contributed by atoms with Crippen molar-refractivity contribution in [2.45, 2.75) is 13.1 Å². The fraction of sp³-hybridized carbons (Fsp3) is 0.118. The van der Waals surface area contributed by atoms with Crippen LogP contribution in [0.15, 0.2) is 42.9 Å². The number of anilines is 5. The third-order valence-electron chi connectivity index (χ3n) is 3.58. The maximum atomic E-state index is 13.0. The first-order valence-electron chi connectivity index (χ1n) is 7.68. The highest BCUT2D eigenvalue weighted by molar-refractivity contribution is 6.31. The van der Waals surface area contributed by atoms with Crippen LogP contribution in [0.5, 0.6) is 0 Å². The Kier molecular flexibility index (Phi) is 5.04. The zero-order valence-corrected chi connectivity index (χ0v) is 14.7. The van der Waals surface area contributed by atoms with E-state index in [0.29, 0.717) is 5.82 Å². The Labute approximate surface area is 157 Å². The Morgan fingerprint density at radius 1 is 1.00 bits per heavy atom. The molecule has 1 aromatic carbocycles. The number of hydrogen-bond acceptors (Lipinski definition) is 6. The maximum Gasteiger partial charge on any atom is 0.417 e. The van der Waals surface area contributed by atoms with Crippen LogP contribution < -0.4 is 16.4 Å². The van der Waals surface area contributed by atoms with E-state index in [4.69, 9.17) is 17.3 Å². The minimum absolute atomic E-state index is 0.129. The molecule has 0 amide bonds. The van der Waals surface area contributed by atoms with E-state index >= 15 is 0 Å². The monoisotopic (exact) mass is 394 g/mol. The molecule has 10 heteroatoms. The van der Waals surface area contributed by atoms with Gasteiger partial charge in [-0.15, -0.1) is 0 Å². The molecule has 0 aliphatic carbocycles. The number of hydrogen-bond donors (Lipinski definition) is 3. The Morgan fingerprint density at radius 2 is 1.70 bits per heavy atom. The number of benzene rings is 1. The number of nitrogens with one attached hydrogen (secondary N) is 2. The molecule has 2 heterocycles. The highest BCUT2D eigenvalue weighted by Gasteiger charge is 2.33. The summed E-state index contributed by atoms with van der Waals surface area (Å²) in [7, 11) is 0. The lowest BCUT2D eigenvalue weighted by Crippen LogP contribution is -2.08. The molecule has 0 fully saturated rings. The molecule has 0 saturated heterocycles. The number of rotatable bonds is 4. The van der Waals surface area contributed by atoms with E-state index in [-0.39, 0.29) is 23.0 Å². The van der Waals surface area contributed by atoms with Crippen molar-refractivity contribution in [1.29, 1.82) is 0 Å². The summed E-state index contributed by atoms with van der Waals surface area (Å²) in [6.07, 6.45) is -1.71. The van der Waals surface area contributed by atoms with Crippen LogP contribution in [0.3, 0.4) is 0 Å². The second-order valence-electron chi connectivity index (χ2n) is 5.65. The molecule has 0 radical (unpaired) electrons. The normalized spacial score (nSPS) is 11.3. The molecule has 4 N–H and O–H groups in total. The Balaban J connectivity index is 1.88. The van der Waals surface area contributed by atoms with Gasteiger partial charge in [-0.3, -0.25) is 0 Å². The van der Waals surface area contributed by atoms with Crippen molar-refractivity contribution < 1.29 is 13.2 Å². The number of nitrogen functional groups attached to an aromatic ring is 1. The fourth-order valence-corrected chi connectivity index (χ4v) is 2.50. The quantitative estimate of drug-likeness (QED) is 0.582. The lowest BCUT2D eigenvalue weighted by Gasteiger charge is -2.14. The van der Waals surface area contributed by atoms with Crippen LogP contribution in [-0.2, 0) is 6.18 Å². The molecule has 0 unspecified atom stereocenters. The van der Waals surface area contributed by atoms with E-state index in [9.17, 15) is 13.2 Å². The largest absolute Gasteiger partial charge is 0.417 e. The highest BCUT2D eigenvalue weighted by Crippen LogP contribution is 2.37. The zero-order valence-electron chi connectivity index (χ0n) is 14.0. The van der Waals surface area contributed by atoms with Gasteiger partial charge in [0.05, 0.1) is 10.6 Å². The summed E-state index contributed by atoms with van der Waals surface area (Å²) in [5.74, 6) is 0.948. The van der Waals surface area contributed by atoms with Crippen molar-refractivity contribution in [2.24, 2.45) is 0 Å². The second kappa shape index (κ2) is 7.28. The predicted octanol–water partition coefficient (Wildman–Crippen LogP) is 4.92. The Bertz CT molecular complexity index is 977. The molecule has 0 aliphatic rings. The second-order valence-corrected chi connectivity index (χ2v) is 6.05. The molecule has 0 bridgehead atoms. The summed E-state index contributed by atoms with van der Waals surface area (Å²) >= 11 is 5.63. The predicted molar refractivity (Wildman–Crippen MR) is 98.4 cm³/mol. The van der Waals surface area contributed by atoms with E-state index in [1.165, 1.54) is 12.4 Å². The van der Waals surface area contributed by atoms with Crippen LogP contribution in [0.1, 0.15) is 11.1 Å². The summed E-state index contributed by atoms with van der Waals surface area (Å²) in [6.45, 7) is 1.90. The Hall–Kier alpha value is -3.07. The Morgan fingerprint density at radius 3 is 2.37 bits per heavy atom. The van der Waals surface area contributed by atoms with Crippen molar-refractivity contribution in [2.75, 3.05) is 16.4 Å². The molecule has 27 heavy (non-hydrogen) atoms. The first-order valence-corrected chi connectivity index (χ1v) is 8.06. The van der Waals surface area contributed by atoms with Gasteiger partial charge in [0, 0.05) is 11.9 Å². The lowest BCUT2D eigenvalue weighted by molar-refractivity contribution is -0.137. The third kappa shape index (κ3) is 4.37. The number of nitrogens with zero attached hydrogens (tertiary/aromatic N) is 3. The van der Waals surface area contributed by atoms with Crippen LogP contribution >= 0.6 is 11.6 Å². The van der Waals surface area contributed by atoms with Crippen molar-refractivity contribution in [3.63, 3.8) is 0 Å². The average molecular weight is 395 g/mol. The topological polar surface area (TPSA) is 88.8 Å². The van der Waals surface area contributed by atoms with E-state index in [1.807, 2.05) is 13.0 Å². The van der Waals surface area contributed by atoms with E-state index in [2.05, 4.69) is 25.6 Å². The summed E-state index contributed by atoms with van der Waals surface area (Å²) < 4.78 is 39.0. The van der Waals surface area contributed by atoms with Crippen LogP contribution in [-0.4, -0.2) is 15.0 Å². The van der Waals surface area contributed by atoms with Gasteiger partial charge in [0.15, 0.2) is 11.6 Å². The molecule has 0 aliphatic heterocycles. The minimum atomic E-state index is -4.57. The van der Waals surface area contributed by atoms with Gasteiger partial charge in [0.2, 0.25) is 0 Å². The molecule has 140 valence electrons. The van der Waals surface area contributed by atoms with Crippen molar-refractivity contribution in [3.05, 3.63) is 59.0 Å². The lowest BCUT2D eigenvalue weighted by atomic mass is 10.2. The maximum absolute atomic E-state index is 13.0. The van der Waals surface area contributed by atoms with Gasteiger partial charge in [0.1, 0.15) is 17.8 Å². The van der Waals surface area contributed by atoms with Crippen molar-refractivity contribution in [3.8, 4) is 0 Å². The summed E-state index contributed by atoms with van der Waals surface area (Å²) in [4.78, 5) is 12.2. The number of aryl methyl sites for hydroxylation is 1. The van der Waals surface area contributed by atoms with Crippen LogP contribution in [0, 0.1) is 6.92 Å². The van der Waals surface area contributed by atoms with Crippen LogP contribution in [0.4, 0.5) is 42.0 Å². The summed E-state index contributed by atoms with van der Waals surface area (Å²) in [5.41, 5.74) is 6.34. The number of pyridine rings is 1. The van der Waals surface area contributed by atoms with Gasteiger partial charge in [0.25, 0.3) is 0 Å². The SMILES string of the molecule is Cc1ccnc(Nc2ncnc(Nc3ccc(Cl)c(C(F)(F)F)c3)c2N)c1. The number of aromatic nitrogens is 3. The van der Waals surface area contributed by atoms with Gasteiger partial charge in [-0.2, -0.15) is 13.2 Å². The first-order chi connectivity index (χ1) is 12.7. The number of nitrogens with two attached hydrogens (primary N) is 1. The minimum Gasteiger partial charge on any atom is -0.393 e. The van der Waals surface area contributed by atoms with Crippen molar-refractivity contribution in [1.82, 2.24) is 15.0 Å². The molecular formula is C17H14ClF3N6. The molecular weight excluding hydrogens is 381 g/mol. The van der Waals surface area contributed by atoms with Crippen LogP contribution in [0.25, 0.3) is 0 Å². The summed E-state index contributed by atoms with van der Waals surface area (Å²) in [6, 6.07) is 7.07. The van der Waals surface area contributed by atoms with E-state index in [0.717, 1.165) is 17.7 Å². The van der Waals surface area contributed by atoms with Gasteiger partial charge in [-0.25, -0.2) is 15.0 Å².